The van der Waals surface area contributed by atoms with Gasteiger partial charge in [0.2, 0.25) is 0 Å². The van der Waals surface area contributed by atoms with Crippen LogP contribution in [0.5, 0.6) is 0 Å². The molecule has 0 heteroatoms. The molecule has 0 heterocycles. The molecule has 0 radical (unpaired) electrons. The highest BCUT2D eigenvalue weighted by molar-refractivity contribution is 6.23. The Bertz CT molecular complexity index is 3480. The predicted octanol–water partition coefficient (Wildman–Crippen LogP) is 11.3. The van der Waals surface area contributed by atoms with Gasteiger partial charge in [0.25, 0.3) is 0 Å². The summed E-state index contributed by atoms with van der Waals surface area (Å²) in [6.45, 7) is 0. The van der Waals surface area contributed by atoms with Crippen LogP contribution >= 0.6 is 0 Å². The first-order valence-corrected chi connectivity index (χ1v) is 11.8. The molecular formula is C40H26. The van der Waals surface area contributed by atoms with Crippen molar-refractivity contribution in [3.63, 3.8) is 0 Å². The van der Waals surface area contributed by atoms with Gasteiger partial charge in [-0.25, -0.2) is 0 Å². The number of rotatable bonds is 3. The minimum Gasteiger partial charge on any atom is -0.0616 e. The Morgan fingerprint density at radius 1 is 0.325 bits per heavy atom. The van der Waals surface area contributed by atoms with Crippen molar-refractivity contribution >= 4 is 43.1 Å². The number of hydrogen-bond donors (Lipinski definition) is 0. The molecule has 0 unspecified atom stereocenters. The number of hydrogen-bond acceptors (Lipinski definition) is 0. The Morgan fingerprint density at radius 2 is 0.850 bits per heavy atom. The monoisotopic (exact) mass is 531 g/mol. The van der Waals surface area contributed by atoms with Gasteiger partial charge in [0, 0.05) is 0 Å². The van der Waals surface area contributed by atoms with Gasteiger partial charge in [-0.05, 0) is 82.5 Å². The first-order valence-electron chi connectivity index (χ1n) is 24.3. The van der Waals surface area contributed by atoms with Crippen molar-refractivity contribution in [2.45, 2.75) is 0 Å². The van der Waals surface area contributed by atoms with E-state index in [0.717, 1.165) is 6.07 Å². The van der Waals surface area contributed by atoms with E-state index in [9.17, 15) is 12.3 Å². The number of fused-ring (bicyclic) bond motifs is 4. The Hall–Kier alpha value is -5.20. The topological polar surface area (TPSA) is 0 Å². The van der Waals surface area contributed by atoms with Crippen molar-refractivity contribution in [3.8, 4) is 33.4 Å². The second-order valence-electron chi connectivity index (χ2n) is 8.58. The molecule has 0 atom stereocenters. The quantitative estimate of drug-likeness (QED) is 0.199. The summed E-state index contributed by atoms with van der Waals surface area (Å²) in [6.07, 6.45) is 0. The zero-order chi connectivity index (χ0) is 48.2. The van der Waals surface area contributed by atoms with Crippen molar-refractivity contribution < 1.29 is 34.3 Å². The van der Waals surface area contributed by atoms with Crippen LogP contribution in [-0.4, -0.2) is 0 Å². The zero-order valence-corrected chi connectivity index (χ0v) is 20.1. The molecule has 0 saturated carbocycles. The third-order valence-electron chi connectivity index (χ3n) is 6.39. The molecule has 0 aliphatic heterocycles. The summed E-state index contributed by atoms with van der Waals surface area (Å²) in [5, 5.41) is -4.45. The van der Waals surface area contributed by atoms with Crippen LogP contribution in [0.1, 0.15) is 34.3 Å². The lowest BCUT2D eigenvalue weighted by Gasteiger charge is -2.19. The minimum absolute atomic E-state index is 0.336. The van der Waals surface area contributed by atoms with Gasteiger partial charge in [-0.15, -0.1) is 0 Å². The van der Waals surface area contributed by atoms with Gasteiger partial charge < -0.3 is 0 Å². The highest BCUT2D eigenvalue weighted by Crippen LogP contribution is 2.45. The van der Waals surface area contributed by atoms with Crippen LogP contribution in [0.4, 0.5) is 0 Å². The summed E-state index contributed by atoms with van der Waals surface area (Å²) in [6, 6.07) is -20.7. The fourth-order valence-electron chi connectivity index (χ4n) is 4.66. The summed E-state index contributed by atoms with van der Waals surface area (Å²) < 4.78 is 221. The first-order chi connectivity index (χ1) is 30.3. The summed E-state index contributed by atoms with van der Waals surface area (Å²) >= 11 is 0. The van der Waals surface area contributed by atoms with Gasteiger partial charge in [-0.1, -0.05) is 151 Å². The number of benzene rings is 8. The molecule has 0 spiro atoms. The minimum atomic E-state index is -1.05. The Labute approximate surface area is 268 Å². The van der Waals surface area contributed by atoms with Crippen LogP contribution in [-0.2, 0) is 0 Å². The van der Waals surface area contributed by atoms with E-state index in [-0.39, 0.29) is 5.39 Å². The third-order valence-corrected chi connectivity index (χ3v) is 6.39. The highest BCUT2D eigenvalue weighted by Gasteiger charge is 2.17. The molecule has 0 fully saturated rings. The molecule has 0 aliphatic rings. The zero-order valence-electron chi connectivity index (χ0n) is 45.1. The smallest absolute Gasteiger partial charge is 0.0616 e. The van der Waals surface area contributed by atoms with Gasteiger partial charge in [0.15, 0.2) is 0 Å². The van der Waals surface area contributed by atoms with E-state index in [2.05, 4.69) is 0 Å². The van der Waals surface area contributed by atoms with E-state index >= 15 is 0 Å². The molecule has 0 aliphatic carbocycles. The average Bonchev–Trinajstić information content (AvgIpc) is 3.27. The van der Waals surface area contributed by atoms with Crippen molar-refractivity contribution in [2.75, 3.05) is 0 Å². The maximum absolute atomic E-state index is 9.42. The second-order valence-corrected chi connectivity index (χ2v) is 8.58. The molecule has 0 N–H and O–H groups in total. The van der Waals surface area contributed by atoms with E-state index in [4.69, 9.17) is 21.9 Å². The van der Waals surface area contributed by atoms with Crippen molar-refractivity contribution in [1.82, 2.24) is 0 Å². The lowest BCUT2D eigenvalue weighted by Crippen LogP contribution is -1.91. The van der Waals surface area contributed by atoms with Gasteiger partial charge in [0.05, 0.1) is 34.3 Å². The molecule has 8 rings (SSSR count). The predicted molar refractivity (Wildman–Crippen MR) is 173 cm³/mol. The Kier molecular flexibility index (Phi) is 2.05. The maximum atomic E-state index is 9.42. The van der Waals surface area contributed by atoms with Gasteiger partial charge in [-0.2, -0.15) is 0 Å². The summed E-state index contributed by atoms with van der Waals surface area (Å²) in [5.41, 5.74) is -4.12. The Balaban J connectivity index is 1.67. The van der Waals surface area contributed by atoms with Crippen LogP contribution in [0.15, 0.2) is 157 Å². The summed E-state index contributed by atoms with van der Waals surface area (Å²) in [7, 11) is 0. The highest BCUT2D eigenvalue weighted by atomic mass is 14.2. The molecule has 40 heavy (non-hydrogen) atoms. The normalized spacial score (nSPS) is 20.2. The largest absolute Gasteiger partial charge is 0.0636 e. The van der Waals surface area contributed by atoms with Crippen molar-refractivity contribution in [2.24, 2.45) is 0 Å². The lowest BCUT2D eigenvalue weighted by atomic mass is 9.84. The van der Waals surface area contributed by atoms with Gasteiger partial charge in [-0.3, -0.25) is 0 Å². The van der Waals surface area contributed by atoms with Crippen LogP contribution < -0.4 is 0 Å². The van der Waals surface area contributed by atoms with Crippen molar-refractivity contribution in [3.05, 3.63) is 157 Å². The lowest BCUT2D eigenvalue weighted by molar-refractivity contribution is 1.63. The van der Waals surface area contributed by atoms with Crippen molar-refractivity contribution in [1.29, 1.82) is 0 Å². The molecule has 0 aromatic heterocycles. The van der Waals surface area contributed by atoms with E-state index < -0.39 is 222 Å². The Morgan fingerprint density at radius 3 is 1.57 bits per heavy atom. The molecule has 186 valence electrons. The SMILES string of the molecule is [2H]c1cc2c(-c3c4c([2H])c([2H])c([2H])c([2H])c4c(-c4c([2H])c([2H])c(-c5c([2H])c([2H])c6c([2H])c([2H])c([2H])c([2H])c6c5[2H])c([2H])c4[2H])c4c([2H])c([2H])c([2H])c([2H])c34)c([2H])c([2H])c([2H])c2c([2H])c1[2H]. The fraction of sp³-hybridized carbons (Fsp3) is 0. The average molecular weight is 532 g/mol. The van der Waals surface area contributed by atoms with Gasteiger partial charge in [0.1, 0.15) is 0 Å². The van der Waals surface area contributed by atoms with E-state index in [0.29, 0.717) is 0 Å². The van der Waals surface area contributed by atoms with E-state index in [1.165, 1.54) is 0 Å². The molecule has 8 aromatic rings. The first kappa shape index (κ1) is 8.91. The fourth-order valence-corrected chi connectivity index (χ4v) is 4.66. The second kappa shape index (κ2) is 9.22. The molecule has 0 saturated heterocycles. The molecule has 0 nitrogen and oxygen atoms in total. The van der Waals surface area contributed by atoms with Crippen LogP contribution in [0.25, 0.3) is 76.5 Å². The van der Waals surface area contributed by atoms with E-state index in [1.54, 1.807) is 0 Å². The maximum Gasteiger partial charge on any atom is 0.0636 e. The van der Waals surface area contributed by atoms with Crippen LogP contribution in [0.2, 0.25) is 0 Å². The van der Waals surface area contributed by atoms with Crippen LogP contribution in [0.3, 0.4) is 0 Å². The summed E-state index contributed by atoms with van der Waals surface area (Å²) in [5.74, 6) is 0. The molecular weight excluding hydrogens is 480 g/mol. The molecule has 0 bridgehead atoms. The third kappa shape index (κ3) is 3.61. The van der Waals surface area contributed by atoms with Gasteiger partial charge >= 0.3 is 0 Å². The van der Waals surface area contributed by atoms with E-state index in [1.807, 2.05) is 0 Å². The van der Waals surface area contributed by atoms with Crippen LogP contribution in [0, 0.1) is 0 Å². The summed E-state index contributed by atoms with van der Waals surface area (Å²) in [4.78, 5) is 0. The molecule has 0 amide bonds. The molecule has 8 aromatic carbocycles. The standard InChI is InChI=1S/C40H26/c1-2-12-31-26-32(25-22-27(31)10-1)28-20-23-30(24-21-28)39-35-15-5-7-17-37(35)40(38-18-8-6-16-36(38)39)34-19-9-13-29-11-3-4-14-33(29)34/h1-26H/i1D,2D,3D,4D,5D,6D,7D,8D,9D,10D,11D,12D,13D,15D,16D,17D,18D,19D,20D,21D,22D,23D,24D,25D,26D.